The number of rotatable bonds is 16. The van der Waals surface area contributed by atoms with Gasteiger partial charge >= 0.3 is 6.03 Å². The van der Waals surface area contributed by atoms with Crippen LogP contribution in [0.3, 0.4) is 0 Å². The zero-order chi connectivity index (χ0) is 41.8. The summed E-state index contributed by atoms with van der Waals surface area (Å²) in [5, 5.41) is 4.14. The standard InChI is InChI=1S/C41H55F2N10O5P/c1-30(2)53-38(57-29-48(7)59(46(3)4)47(5)6)23-52(40(53)54)34-11-9-32(10-12-34)49-18-20-50(21-19-49)33-13-15-35(16-14-33)55-24-39-56-26-41(58-39,25-51-28-44-27-45-51)36-17-8-31(42)22-37(36)43/h8-17,22,27-28,30,38-39H,18-21,23-26,29H2,1-7H3/t38?,39-,41+/m0/s1. The molecule has 3 aromatic carbocycles. The van der Waals surface area contributed by atoms with E-state index in [9.17, 15) is 13.6 Å². The zero-order valence-corrected chi connectivity index (χ0v) is 35.7. The predicted molar refractivity (Wildman–Crippen MR) is 223 cm³/mol. The van der Waals surface area contributed by atoms with Crippen LogP contribution in [0.25, 0.3) is 0 Å². The Morgan fingerprint density at radius 1 is 0.898 bits per heavy atom. The number of hydrogen-bond donors (Lipinski definition) is 0. The Labute approximate surface area is 346 Å². The predicted octanol–water partition coefficient (Wildman–Crippen LogP) is 5.46. The third-order valence-electron chi connectivity index (χ3n) is 10.7. The van der Waals surface area contributed by atoms with Gasteiger partial charge in [-0.15, -0.1) is 0 Å². The molecule has 3 atom stereocenters. The Kier molecular flexibility index (Phi) is 13.3. The van der Waals surface area contributed by atoms with Crippen LogP contribution in [0.2, 0.25) is 0 Å². The second-order valence-corrected chi connectivity index (χ2v) is 18.4. The maximum Gasteiger partial charge on any atom is 0.326 e. The minimum absolute atomic E-state index is 0.00565. The summed E-state index contributed by atoms with van der Waals surface area (Å²) in [5.41, 5.74) is 1.99. The van der Waals surface area contributed by atoms with Crippen LogP contribution in [0.4, 0.5) is 30.6 Å². The van der Waals surface area contributed by atoms with Gasteiger partial charge in [0.2, 0.25) is 0 Å². The van der Waals surface area contributed by atoms with Crippen molar-refractivity contribution in [3.8, 4) is 5.75 Å². The summed E-state index contributed by atoms with van der Waals surface area (Å²) in [4.78, 5) is 26.0. The van der Waals surface area contributed by atoms with Crippen LogP contribution in [0.1, 0.15) is 19.4 Å². The highest BCUT2D eigenvalue weighted by Gasteiger charge is 2.46. The summed E-state index contributed by atoms with van der Waals surface area (Å²) in [6, 6.07) is 19.5. The minimum Gasteiger partial charge on any atom is -0.488 e. The Morgan fingerprint density at radius 2 is 1.53 bits per heavy atom. The molecule has 1 unspecified atom stereocenters. The number of aromatic nitrogens is 3. The highest BCUT2D eigenvalue weighted by atomic mass is 31.2. The maximum atomic E-state index is 15.0. The number of halogens is 2. The van der Waals surface area contributed by atoms with Crippen molar-refractivity contribution in [2.24, 2.45) is 0 Å². The summed E-state index contributed by atoms with van der Waals surface area (Å²) in [5.74, 6) is -0.758. The van der Waals surface area contributed by atoms with E-state index in [1.807, 2.05) is 67.1 Å². The van der Waals surface area contributed by atoms with Crippen LogP contribution in [-0.2, 0) is 26.4 Å². The molecule has 15 nitrogen and oxygen atoms in total. The Balaban J connectivity index is 0.898. The summed E-state index contributed by atoms with van der Waals surface area (Å²) >= 11 is 0. The van der Waals surface area contributed by atoms with Crippen molar-refractivity contribution >= 4 is 31.5 Å². The largest absolute Gasteiger partial charge is 0.488 e. The molecule has 59 heavy (non-hydrogen) atoms. The molecule has 3 aliphatic heterocycles. The van der Waals surface area contributed by atoms with Gasteiger partial charge in [0.1, 0.15) is 57.4 Å². The molecule has 318 valence electrons. The van der Waals surface area contributed by atoms with E-state index in [1.165, 1.54) is 29.5 Å². The molecular weight excluding hydrogens is 781 g/mol. The summed E-state index contributed by atoms with van der Waals surface area (Å²) in [6.45, 7) is 8.50. The molecule has 0 aliphatic carbocycles. The van der Waals surface area contributed by atoms with Gasteiger partial charge in [0.25, 0.3) is 0 Å². The average molecular weight is 837 g/mol. The normalized spacial score (nSPS) is 21.4. The van der Waals surface area contributed by atoms with E-state index >= 15 is 0 Å². The topological polar surface area (TPSA) is 107 Å². The fourth-order valence-electron chi connectivity index (χ4n) is 8.06. The number of anilines is 3. The van der Waals surface area contributed by atoms with Gasteiger partial charge in [0.05, 0.1) is 19.7 Å². The third-order valence-corrected chi connectivity index (χ3v) is 12.8. The number of hydrogen-bond acceptors (Lipinski definition) is 12. The van der Waals surface area contributed by atoms with Crippen LogP contribution in [0.15, 0.2) is 79.4 Å². The van der Waals surface area contributed by atoms with Gasteiger partial charge in [0, 0.05) is 60.9 Å². The van der Waals surface area contributed by atoms with Crippen molar-refractivity contribution < 1.29 is 32.5 Å². The van der Waals surface area contributed by atoms with Gasteiger partial charge in [-0.3, -0.25) is 19.1 Å². The van der Waals surface area contributed by atoms with E-state index in [1.54, 1.807) is 0 Å². The molecule has 0 saturated carbocycles. The molecule has 3 aliphatic rings. The number of carbonyl (C=O) groups is 1. The molecule has 4 aromatic rings. The van der Waals surface area contributed by atoms with Crippen LogP contribution in [-0.4, -0.2) is 146 Å². The zero-order valence-electron chi connectivity index (χ0n) is 34.8. The highest BCUT2D eigenvalue weighted by Crippen LogP contribution is 2.43. The highest BCUT2D eigenvalue weighted by molar-refractivity contribution is 7.49. The molecule has 3 saturated heterocycles. The fourth-order valence-corrected chi connectivity index (χ4v) is 10.2. The van der Waals surface area contributed by atoms with Crippen LogP contribution in [0, 0.1) is 11.6 Å². The first-order valence-corrected chi connectivity index (χ1v) is 21.0. The lowest BCUT2D eigenvalue weighted by atomic mass is 9.94. The lowest BCUT2D eigenvalue weighted by Gasteiger charge is -2.37. The fraction of sp³-hybridized carbons (Fsp3) is 0.488. The summed E-state index contributed by atoms with van der Waals surface area (Å²) in [6.07, 6.45) is 1.75. The summed E-state index contributed by atoms with van der Waals surface area (Å²) in [7, 11) is 9.62. The second-order valence-electron chi connectivity index (χ2n) is 15.6. The monoisotopic (exact) mass is 836 g/mol. The number of piperazine rings is 1. The van der Waals surface area contributed by atoms with Crippen LogP contribution >= 0.6 is 8.37 Å². The molecule has 0 bridgehead atoms. The second kappa shape index (κ2) is 18.4. The number of amides is 2. The van der Waals surface area contributed by atoms with Gasteiger partial charge in [-0.1, -0.05) is 6.07 Å². The van der Waals surface area contributed by atoms with Gasteiger partial charge < -0.3 is 28.7 Å². The quantitative estimate of drug-likeness (QED) is 0.106. The van der Waals surface area contributed by atoms with E-state index in [0.717, 1.165) is 49.3 Å². The first-order valence-electron chi connectivity index (χ1n) is 19.8. The molecule has 0 N–H and O–H groups in total. The van der Waals surface area contributed by atoms with Crippen molar-refractivity contribution in [2.45, 2.75) is 44.6 Å². The van der Waals surface area contributed by atoms with E-state index in [2.05, 4.69) is 74.2 Å². The SMILES string of the molecule is CC(C)N1C(=O)N(c2ccc(N3CCN(c4ccc(OC[C@H]5OC[C@](Cn6cncn6)(c6ccc(F)cc6F)O5)cc4)CC3)cc2)CC1OCN(C)P(N(C)C)N(C)C. The molecule has 0 spiro atoms. The van der Waals surface area contributed by atoms with Crippen LogP contribution in [0.5, 0.6) is 5.75 Å². The van der Waals surface area contributed by atoms with Crippen LogP contribution < -0.4 is 19.4 Å². The summed E-state index contributed by atoms with van der Waals surface area (Å²) < 4.78 is 61.4. The van der Waals surface area contributed by atoms with Crippen molar-refractivity contribution in [1.82, 2.24) is 33.7 Å². The molecule has 4 heterocycles. The first-order chi connectivity index (χ1) is 28.3. The molecular formula is C41H55F2N10O5P. The smallest absolute Gasteiger partial charge is 0.326 e. The molecule has 18 heteroatoms. The van der Waals surface area contributed by atoms with Gasteiger partial charge in [-0.25, -0.2) is 27.9 Å². The number of carbonyl (C=O) groups excluding carboxylic acids is 1. The maximum absolute atomic E-state index is 15.0. The van der Waals surface area contributed by atoms with E-state index in [4.69, 9.17) is 18.9 Å². The Morgan fingerprint density at radius 3 is 2.10 bits per heavy atom. The van der Waals surface area contributed by atoms with Crippen molar-refractivity contribution in [3.05, 3.63) is 96.6 Å². The molecule has 0 radical (unpaired) electrons. The van der Waals surface area contributed by atoms with E-state index in [-0.39, 0.29) is 43.6 Å². The minimum atomic E-state index is -1.24. The van der Waals surface area contributed by atoms with E-state index in [0.29, 0.717) is 19.0 Å². The lowest BCUT2D eigenvalue weighted by Crippen LogP contribution is -2.46. The molecule has 3 fully saturated rings. The first kappa shape index (κ1) is 42.6. The van der Waals surface area contributed by atoms with Gasteiger partial charge in [-0.05, 0) is 104 Å². The number of benzene rings is 3. The Bertz CT molecular complexity index is 1980. The van der Waals surface area contributed by atoms with Gasteiger partial charge in [-0.2, -0.15) is 5.10 Å². The van der Waals surface area contributed by atoms with Gasteiger partial charge in [0.15, 0.2) is 12.5 Å². The number of ether oxygens (including phenoxy) is 4. The Hall–Kier alpha value is -4.48. The molecule has 1 aromatic heterocycles. The number of urea groups is 1. The van der Waals surface area contributed by atoms with Crippen molar-refractivity contribution in [3.63, 3.8) is 0 Å². The third kappa shape index (κ3) is 9.62. The van der Waals surface area contributed by atoms with Crippen molar-refractivity contribution in [2.75, 3.05) is 103 Å². The number of nitrogens with zero attached hydrogens (tertiary/aromatic N) is 10. The van der Waals surface area contributed by atoms with Crippen molar-refractivity contribution in [1.29, 1.82) is 0 Å². The van der Waals surface area contributed by atoms with E-state index < -0.39 is 31.9 Å². The molecule has 2 amide bonds. The average Bonchev–Trinajstić information content (AvgIpc) is 3.96. The lowest BCUT2D eigenvalue weighted by molar-refractivity contribution is -0.117. The molecule has 7 rings (SSSR count).